The summed E-state index contributed by atoms with van der Waals surface area (Å²) in [5, 5.41) is 0. The van der Waals surface area contributed by atoms with Gasteiger partial charge in [-0.2, -0.15) is 0 Å². The fourth-order valence-corrected chi connectivity index (χ4v) is 1.61. The molecule has 16 heavy (non-hydrogen) atoms. The number of halogens is 1. The second-order valence-corrected chi connectivity index (χ2v) is 5.67. The second-order valence-electron chi connectivity index (χ2n) is 5.67. The highest BCUT2D eigenvalue weighted by molar-refractivity contribution is 5.31. The minimum atomic E-state index is -0.286. The molecule has 1 rings (SSSR count). The minimum Gasteiger partial charge on any atom is -0.488 e. The Balaban J connectivity index is 2.89. The van der Waals surface area contributed by atoms with E-state index in [1.54, 1.807) is 6.07 Å². The highest BCUT2D eigenvalue weighted by atomic mass is 19.1. The van der Waals surface area contributed by atoms with Crippen molar-refractivity contribution in [2.75, 3.05) is 0 Å². The van der Waals surface area contributed by atoms with Crippen LogP contribution in [0.15, 0.2) is 18.2 Å². The van der Waals surface area contributed by atoms with Gasteiger partial charge in [0.1, 0.15) is 0 Å². The number of ether oxygens (including phenoxy) is 1. The molecule has 0 amide bonds. The van der Waals surface area contributed by atoms with Crippen molar-refractivity contribution in [3.8, 4) is 5.75 Å². The molecule has 2 heteroatoms. The highest BCUT2D eigenvalue weighted by Gasteiger charge is 2.13. The Hall–Kier alpha value is -1.05. The predicted octanol–water partition coefficient (Wildman–Crippen LogP) is 4.20. The van der Waals surface area contributed by atoms with Crippen LogP contribution in [-0.2, 0) is 6.42 Å². The first-order chi connectivity index (χ1) is 7.28. The van der Waals surface area contributed by atoms with Crippen LogP contribution in [-0.4, -0.2) is 6.10 Å². The van der Waals surface area contributed by atoms with Gasteiger partial charge in [-0.05, 0) is 43.4 Å². The zero-order valence-corrected chi connectivity index (χ0v) is 10.8. The first-order valence-electron chi connectivity index (χ1n) is 5.73. The molecule has 0 atom stereocenters. The van der Waals surface area contributed by atoms with Gasteiger partial charge < -0.3 is 4.74 Å². The average Bonchev–Trinajstić information content (AvgIpc) is 2.07. The molecule has 0 saturated heterocycles. The molecule has 0 fully saturated rings. The molecule has 0 heterocycles. The summed E-state index contributed by atoms with van der Waals surface area (Å²) in [6.45, 7) is 10.3. The molecule has 0 unspecified atom stereocenters. The van der Waals surface area contributed by atoms with Crippen molar-refractivity contribution in [2.45, 2.75) is 47.1 Å². The van der Waals surface area contributed by atoms with E-state index in [0.717, 1.165) is 12.0 Å². The van der Waals surface area contributed by atoms with Crippen molar-refractivity contribution < 1.29 is 9.13 Å². The quantitative estimate of drug-likeness (QED) is 0.747. The van der Waals surface area contributed by atoms with Crippen LogP contribution in [0, 0.1) is 11.2 Å². The average molecular weight is 224 g/mol. The first kappa shape index (κ1) is 13.0. The topological polar surface area (TPSA) is 9.23 Å². The molecule has 0 saturated carbocycles. The van der Waals surface area contributed by atoms with E-state index in [2.05, 4.69) is 20.8 Å². The minimum absolute atomic E-state index is 0.000568. The van der Waals surface area contributed by atoms with E-state index < -0.39 is 0 Å². The van der Waals surface area contributed by atoms with Crippen LogP contribution >= 0.6 is 0 Å². The van der Waals surface area contributed by atoms with E-state index in [0.29, 0.717) is 5.75 Å². The van der Waals surface area contributed by atoms with Gasteiger partial charge in [-0.1, -0.05) is 26.8 Å². The van der Waals surface area contributed by atoms with Crippen LogP contribution < -0.4 is 4.74 Å². The summed E-state index contributed by atoms with van der Waals surface area (Å²) in [4.78, 5) is 0. The number of benzene rings is 1. The Labute approximate surface area is 97.6 Å². The van der Waals surface area contributed by atoms with Crippen molar-refractivity contribution >= 4 is 0 Å². The van der Waals surface area contributed by atoms with Crippen molar-refractivity contribution in [3.05, 3.63) is 29.6 Å². The van der Waals surface area contributed by atoms with Gasteiger partial charge >= 0.3 is 0 Å². The van der Waals surface area contributed by atoms with Gasteiger partial charge in [0.15, 0.2) is 11.6 Å². The largest absolute Gasteiger partial charge is 0.488 e. The third-order valence-electron chi connectivity index (χ3n) is 2.09. The normalized spacial score (nSPS) is 11.9. The molecule has 1 aromatic carbocycles. The molecule has 0 spiro atoms. The summed E-state index contributed by atoms with van der Waals surface area (Å²) >= 11 is 0. The van der Waals surface area contributed by atoms with Crippen LogP contribution in [0.5, 0.6) is 5.75 Å². The summed E-state index contributed by atoms with van der Waals surface area (Å²) in [5.41, 5.74) is 1.32. The molecule has 0 aromatic heterocycles. The summed E-state index contributed by atoms with van der Waals surface area (Å²) in [5.74, 6) is 0.0723. The Morgan fingerprint density at radius 2 is 1.88 bits per heavy atom. The van der Waals surface area contributed by atoms with Gasteiger partial charge in [0.05, 0.1) is 6.10 Å². The van der Waals surface area contributed by atoms with Crippen molar-refractivity contribution in [3.63, 3.8) is 0 Å². The second kappa shape index (κ2) is 4.86. The maximum Gasteiger partial charge on any atom is 0.165 e. The monoisotopic (exact) mass is 224 g/mol. The van der Waals surface area contributed by atoms with E-state index in [1.807, 2.05) is 19.9 Å². The van der Waals surface area contributed by atoms with Crippen molar-refractivity contribution in [1.82, 2.24) is 0 Å². The van der Waals surface area contributed by atoms with E-state index in [4.69, 9.17) is 4.74 Å². The summed E-state index contributed by atoms with van der Waals surface area (Å²) in [6.07, 6.45) is 0.918. The predicted molar refractivity (Wildman–Crippen MR) is 65.3 cm³/mol. The van der Waals surface area contributed by atoms with Gasteiger partial charge in [0.25, 0.3) is 0 Å². The van der Waals surface area contributed by atoms with Crippen molar-refractivity contribution in [1.29, 1.82) is 0 Å². The highest BCUT2D eigenvalue weighted by Crippen LogP contribution is 2.25. The summed E-state index contributed by atoms with van der Waals surface area (Å²) in [7, 11) is 0. The van der Waals surface area contributed by atoms with Crippen LogP contribution in [0.3, 0.4) is 0 Å². The van der Waals surface area contributed by atoms with Gasteiger partial charge in [0, 0.05) is 0 Å². The van der Waals surface area contributed by atoms with Gasteiger partial charge in [-0.3, -0.25) is 0 Å². The van der Waals surface area contributed by atoms with Gasteiger partial charge in [-0.25, -0.2) is 4.39 Å². The van der Waals surface area contributed by atoms with E-state index in [1.165, 1.54) is 6.07 Å². The molecule has 0 bridgehead atoms. The van der Waals surface area contributed by atoms with E-state index >= 15 is 0 Å². The maximum absolute atomic E-state index is 13.4. The van der Waals surface area contributed by atoms with Gasteiger partial charge in [0.2, 0.25) is 0 Å². The van der Waals surface area contributed by atoms with Crippen LogP contribution in [0.25, 0.3) is 0 Å². The lowest BCUT2D eigenvalue weighted by Crippen LogP contribution is -2.11. The molecule has 90 valence electrons. The van der Waals surface area contributed by atoms with Gasteiger partial charge in [-0.15, -0.1) is 0 Å². The number of hydrogen-bond donors (Lipinski definition) is 0. The maximum atomic E-state index is 13.4. The SMILES string of the molecule is CC(C)Oc1cc(CC(C)(C)C)ccc1F. The first-order valence-corrected chi connectivity index (χ1v) is 5.73. The molecular formula is C14H21FO. The molecular weight excluding hydrogens is 203 g/mol. The standard InChI is InChI=1S/C14H21FO/c1-10(2)16-13-8-11(6-7-12(13)15)9-14(3,4)5/h6-8,10H,9H2,1-5H3. The third-order valence-corrected chi connectivity index (χ3v) is 2.09. The zero-order valence-electron chi connectivity index (χ0n) is 10.8. The Morgan fingerprint density at radius 1 is 1.25 bits per heavy atom. The Morgan fingerprint density at radius 3 is 2.38 bits per heavy atom. The van der Waals surface area contributed by atoms with Crippen molar-refractivity contribution in [2.24, 2.45) is 5.41 Å². The molecule has 0 aliphatic carbocycles. The lowest BCUT2D eigenvalue weighted by Gasteiger charge is -2.19. The fraction of sp³-hybridized carbons (Fsp3) is 0.571. The Bertz CT molecular complexity index is 350. The smallest absolute Gasteiger partial charge is 0.165 e. The molecule has 0 aliphatic rings. The van der Waals surface area contributed by atoms with E-state index in [-0.39, 0.29) is 17.3 Å². The van der Waals surface area contributed by atoms with E-state index in [9.17, 15) is 4.39 Å². The molecule has 1 nitrogen and oxygen atoms in total. The number of hydrogen-bond acceptors (Lipinski definition) is 1. The van der Waals surface area contributed by atoms with Crippen LogP contribution in [0.2, 0.25) is 0 Å². The zero-order chi connectivity index (χ0) is 12.3. The fourth-order valence-electron chi connectivity index (χ4n) is 1.61. The molecule has 0 N–H and O–H groups in total. The third kappa shape index (κ3) is 4.21. The summed E-state index contributed by atoms with van der Waals surface area (Å²) in [6, 6.07) is 5.12. The lowest BCUT2D eigenvalue weighted by atomic mass is 9.88. The molecule has 1 aromatic rings. The molecule has 0 aliphatic heterocycles. The Kier molecular flexibility index (Phi) is 3.95. The van der Waals surface area contributed by atoms with Crippen LogP contribution in [0.1, 0.15) is 40.2 Å². The molecule has 0 radical (unpaired) electrons. The number of rotatable bonds is 3. The lowest BCUT2D eigenvalue weighted by molar-refractivity contribution is 0.230. The summed E-state index contributed by atoms with van der Waals surface area (Å²) < 4.78 is 18.9. The van der Waals surface area contributed by atoms with Crippen LogP contribution in [0.4, 0.5) is 4.39 Å².